The average molecular weight is 537 g/mol. The molecule has 0 saturated heterocycles. The zero-order chi connectivity index (χ0) is 26.9. The fourth-order valence-corrected chi connectivity index (χ4v) is 4.35. The van der Waals surface area contributed by atoms with Crippen molar-refractivity contribution in [3.8, 4) is 28.9 Å². The van der Waals surface area contributed by atoms with Crippen molar-refractivity contribution in [2.24, 2.45) is 0 Å². The highest BCUT2D eigenvalue weighted by Gasteiger charge is 2.30. The summed E-state index contributed by atoms with van der Waals surface area (Å²) in [4.78, 5) is 44.6. The Bertz CT molecular complexity index is 1320. The van der Waals surface area contributed by atoms with Crippen LogP contribution in [0.25, 0.3) is 0 Å². The van der Waals surface area contributed by atoms with Gasteiger partial charge in [-0.3, -0.25) is 4.79 Å². The molecule has 0 aliphatic carbocycles. The molecule has 198 valence electrons. The number of pyridine rings is 1. The number of carbonyl (C=O) groups is 3. The highest BCUT2D eigenvalue weighted by Crippen LogP contribution is 2.41. The Hall–Kier alpha value is -4.02. The summed E-state index contributed by atoms with van der Waals surface area (Å²) in [6, 6.07) is 10.4. The Morgan fingerprint density at radius 3 is 2.42 bits per heavy atom. The second-order valence-corrected chi connectivity index (χ2v) is 9.68. The highest BCUT2D eigenvalue weighted by atomic mass is 32.1. The van der Waals surface area contributed by atoms with E-state index in [1.54, 1.807) is 35.7 Å². The van der Waals surface area contributed by atoms with Gasteiger partial charge in [-0.25, -0.2) is 14.6 Å². The molecule has 1 aromatic carbocycles. The maximum Gasteiger partial charge on any atom is 0.336 e. The van der Waals surface area contributed by atoms with Crippen LogP contribution in [0.15, 0.2) is 60.1 Å². The van der Waals surface area contributed by atoms with Gasteiger partial charge in [0, 0.05) is 12.2 Å². The Labute approximate surface area is 224 Å². The van der Waals surface area contributed by atoms with Crippen LogP contribution in [0.4, 0.5) is 0 Å². The van der Waals surface area contributed by atoms with Crippen molar-refractivity contribution in [1.82, 2.24) is 9.88 Å². The van der Waals surface area contributed by atoms with Gasteiger partial charge in [0.15, 0.2) is 23.0 Å². The van der Waals surface area contributed by atoms with E-state index in [0.717, 1.165) is 44.4 Å². The molecule has 10 heteroatoms. The summed E-state index contributed by atoms with van der Waals surface area (Å²) in [5, 5.41) is 1.74. The van der Waals surface area contributed by atoms with Gasteiger partial charge in [-0.05, 0) is 57.1 Å². The summed E-state index contributed by atoms with van der Waals surface area (Å²) in [5.74, 6) is -1.84. The Morgan fingerprint density at radius 1 is 0.947 bits per heavy atom. The molecule has 0 radical (unpaired) electrons. The molecule has 1 aliphatic rings. The van der Waals surface area contributed by atoms with E-state index in [4.69, 9.17) is 18.9 Å². The van der Waals surface area contributed by atoms with Crippen molar-refractivity contribution in [3.63, 3.8) is 0 Å². The second-order valence-electron chi connectivity index (χ2n) is 8.73. The first-order valence-electron chi connectivity index (χ1n) is 12.2. The fraction of sp³-hybridized carbons (Fsp3) is 0.286. The number of benzene rings is 1. The smallest absolute Gasteiger partial charge is 0.336 e. The largest absolute Gasteiger partial charge is 0.490 e. The first-order chi connectivity index (χ1) is 18.4. The Balaban J connectivity index is 1.59. The number of ether oxygens (including phenoxy) is 4. The zero-order valence-electron chi connectivity index (χ0n) is 21.2. The number of carbonyl (C=O) groups excluding carboxylic acids is 3. The molecule has 0 N–H and O–H groups in total. The minimum Gasteiger partial charge on any atom is -0.490 e. The third-order valence-corrected chi connectivity index (χ3v) is 6.39. The molecule has 38 heavy (non-hydrogen) atoms. The molecule has 0 fully saturated rings. The quantitative estimate of drug-likeness (QED) is 0.179. The lowest BCUT2D eigenvalue weighted by Crippen LogP contribution is -2.17. The Kier molecular flexibility index (Phi) is 9.23. The molecule has 0 unspecified atom stereocenters. The summed E-state index contributed by atoms with van der Waals surface area (Å²) < 4.78 is 22.7. The predicted molar refractivity (Wildman–Crippen MR) is 141 cm³/mol. The van der Waals surface area contributed by atoms with E-state index in [1.807, 2.05) is 6.07 Å². The third-order valence-electron chi connectivity index (χ3n) is 5.52. The van der Waals surface area contributed by atoms with Gasteiger partial charge in [0.25, 0.3) is 0 Å². The average Bonchev–Trinajstić information content (AvgIpc) is 3.43. The molecule has 0 amide bonds. The van der Waals surface area contributed by atoms with Crippen LogP contribution in [0.1, 0.15) is 40.9 Å². The zero-order valence-corrected chi connectivity index (χ0v) is 22.0. The van der Waals surface area contributed by atoms with Gasteiger partial charge in [0.05, 0.1) is 17.7 Å². The summed E-state index contributed by atoms with van der Waals surface area (Å²) in [7, 11) is 4.13. The van der Waals surface area contributed by atoms with Crippen molar-refractivity contribution >= 4 is 29.1 Å². The number of nitrogens with zero attached hydrogens (tertiary/aromatic N) is 2. The molecule has 0 bridgehead atoms. The van der Waals surface area contributed by atoms with E-state index in [2.05, 4.69) is 24.0 Å². The molecular formula is C28H28N2O7S. The van der Waals surface area contributed by atoms with Crippen LogP contribution < -0.4 is 18.9 Å². The normalized spacial score (nSPS) is 13.7. The van der Waals surface area contributed by atoms with Gasteiger partial charge in [0.1, 0.15) is 5.56 Å². The second kappa shape index (κ2) is 13.0. The van der Waals surface area contributed by atoms with Crippen LogP contribution in [0.2, 0.25) is 0 Å². The van der Waals surface area contributed by atoms with Crippen LogP contribution in [-0.4, -0.2) is 54.9 Å². The molecule has 3 heterocycles. The minimum absolute atomic E-state index is 0.115. The number of ketones is 1. The van der Waals surface area contributed by atoms with Crippen molar-refractivity contribution < 1.29 is 33.3 Å². The van der Waals surface area contributed by atoms with Crippen LogP contribution >= 0.6 is 11.3 Å². The Morgan fingerprint density at radius 2 is 1.68 bits per heavy atom. The number of para-hydroxylation sites is 2. The number of unbranched alkanes of at least 4 members (excludes halogenated alkanes) is 3. The van der Waals surface area contributed by atoms with E-state index in [-0.39, 0.29) is 22.9 Å². The number of rotatable bonds is 12. The summed E-state index contributed by atoms with van der Waals surface area (Å²) in [6.07, 6.45) is 7.22. The van der Waals surface area contributed by atoms with Gasteiger partial charge in [-0.15, -0.1) is 11.3 Å². The molecule has 1 aliphatic heterocycles. The van der Waals surface area contributed by atoms with Crippen molar-refractivity contribution in [2.45, 2.75) is 25.7 Å². The predicted octanol–water partition coefficient (Wildman–Crippen LogP) is 5.05. The van der Waals surface area contributed by atoms with Crippen LogP contribution in [0, 0.1) is 0 Å². The van der Waals surface area contributed by atoms with Gasteiger partial charge < -0.3 is 23.8 Å². The standard InChI is InChI=1S/C28H28N2O7S/c1-30(2)15-7-3-4-8-16-34-19-10-5-6-11-20(19)36-28-25(26(33)22-12-9-17-38-22)27-21(18-29-28)35-23(31)13-14-24(32)37-27/h5-6,9-14,17-18H,3-4,7-8,15-16H2,1-2H3/b14-13-. The van der Waals surface area contributed by atoms with E-state index in [9.17, 15) is 14.4 Å². The van der Waals surface area contributed by atoms with Crippen LogP contribution in [0.5, 0.6) is 28.9 Å². The van der Waals surface area contributed by atoms with Crippen molar-refractivity contribution in [2.75, 3.05) is 27.2 Å². The van der Waals surface area contributed by atoms with Gasteiger partial charge in [-0.1, -0.05) is 31.0 Å². The van der Waals surface area contributed by atoms with Gasteiger partial charge in [-0.2, -0.15) is 0 Å². The van der Waals surface area contributed by atoms with E-state index >= 15 is 0 Å². The topological polar surface area (TPSA) is 104 Å². The first-order valence-corrected chi connectivity index (χ1v) is 13.1. The lowest BCUT2D eigenvalue weighted by atomic mass is 10.1. The fourth-order valence-electron chi connectivity index (χ4n) is 3.68. The number of aromatic nitrogens is 1. The lowest BCUT2D eigenvalue weighted by molar-refractivity contribution is -0.133. The molecule has 4 rings (SSSR count). The summed E-state index contributed by atoms with van der Waals surface area (Å²) in [5.41, 5.74) is -0.142. The maximum atomic E-state index is 13.5. The summed E-state index contributed by atoms with van der Waals surface area (Å²) >= 11 is 1.20. The maximum absolute atomic E-state index is 13.5. The molecule has 0 spiro atoms. The van der Waals surface area contributed by atoms with E-state index < -0.39 is 17.7 Å². The molecule has 0 atom stereocenters. The van der Waals surface area contributed by atoms with Crippen LogP contribution in [0.3, 0.4) is 0 Å². The summed E-state index contributed by atoms with van der Waals surface area (Å²) in [6.45, 7) is 1.56. The molecule has 0 saturated carbocycles. The van der Waals surface area contributed by atoms with Gasteiger partial charge >= 0.3 is 11.9 Å². The number of fused-ring (bicyclic) bond motifs is 1. The van der Waals surface area contributed by atoms with Crippen molar-refractivity contribution in [3.05, 3.63) is 70.6 Å². The van der Waals surface area contributed by atoms with Crippen molar-refractivity contribution in [1.29, 1.82) is 0 Å². The molecule has 3 aromatic rings. The van der Waals surface area contributed by atoms with Gasteiger partial charge in [0.2, 0.25) is 11.7 Å². The number of thiophene rings is 1. The van der Waals surface area contributed by atoms with E-state index in [0.29, 0.717) is 23.0 Å². The number of hydrogen-bond acceptors (Lipinski definition) is 10. The first kappa shape index (κ1) is 27.0. The highest BCUT2D eigenvalue weighted by molar-refractivity contribution is 7.12. The molecule has 2 aromatic heterocycles. The molecule has 9 nitrogen and oxygen atoms in total. The SMILES string of the molecule is CN(C)CCCCCCOc1ccccc1Oc1ncc2c(c1C(=O)c1cccs1)OC(=O)/C=C\C(=O)O2. The van der Waals surface area contributed by atoms with E-state index in [1.165, 1.54) is 17.5 Å². The molecular weight excluding hydrogens is 508 g/mol. The van der Waals surface area contributed by atoms with Crippen LogP contribution in [-0.2, 0) is 9.59 Å². The third kappa shape index (κ3) is 7.05. The minimum atomic E-state index is -0.838. The monoisotopic (exact) mass is 536 g/mol. The lowest BCUT2D eigenvalue weighted by Gasteiger charge is -2.18. The number of esters is 2. The number of hydrogen-bond donors (Lipinski definition) is 0.